The van der Waals surface area contributed by atoms with Crippen LogP contribution in [0.1, 0.15) is 22.8 Å². The molecule has 0 unspecified atom stereocenters. The summed E-state index contributed by atoms with van der Waals surface area (Å²) in [5.74, 6) is -1.20. The first-order chi connectivity index (χ1) is 9.88. The molecule has 21 heavy (non-hydrogen) atoms. The number of pyridine rings is 1. The van der Waals surface area contributed by atoms with E-state index in [0.717, 1.165) is 6.07 Å². The lowest BCUT2D eigenvalue weighted by molar-refractivity contribution is -0.385. The van der Waals surface area contributed by atoms with Crippen molar-refractivity contribution < 1.29 is 18.8 Å². The number of aryl methyl sites for hydroxylation is 1. The number of hydrogen-bond acceptors (Lipinski definition) is 5. The van der Waals surface area contributed by atoms with Gasteiger partial charge in [0, 0.05) is 23.4 Å². The van der Waals surface area contributed by atoms with Crippen LogP contribution >= 0.6 is 0 Å². The van der Waals surface area contributed by atoms with E-state index in [-0.39, 0.29) is 28.7 Å². The molecule has 6 nitrogen and oxygen atoms in total. The monoisotopic (exact) mass is 290 g/mol. The zero-order valence-corrected chi connectivity index (χ0v) is 11.3. The summed E-state index contributed by atoms with van der Waals surface area (Å²) in [6.45, 7) is 2.86. The Hall–Kier alpha value is -2.83. The molecule has 108 valence electrons. The lowest BCUT2D eigenvalue weighted by Gasteiger charge is -2.08. The predicted octanol–water partition coefficient (Wildman–Crippen LogP) is 3.43. The van der Waals surface area contributed by atoms with Gasteiger partial charge in [0.25, 0.3) is 5.69 Å². The number of carbonyl (C=O) groups excluding carboxylic acids is 1. The van der Waals surface area contributed by atoms with Gasteiger partial charge in [-0.05, 0) is 26.0 Å². The van der Waals surface area contributed by atoms with Gasteiger partial charge in [0.2, 0.25) is 5.88 Å². The molecule has 0 amide bonds. The summed E-state index contributed by atoms with van der Waals surface area (Å²) < 4.78 is 19.1. The molecule has 7 heteroatoms. The van der Waals surface area contributed by atoms with Crippen molar-refractivity contribution in [2.24, 2.45) is 0 Å². The number of aromatic nitrogens is 1. The van der Waals surface area contributed by atoms with Crippen LogP contribution in [0.15, 0.2) is 30.5 Å². The molecule has 2 rings (SSSR count). The summed E-state index contributed by atoms with van der Waals surface area (Å²) in [7, 11) is 0. The van der Waals surface area contributed by atoms with Gasteiger partial charge >= 0.3 is 0 Å². The van der Waals surface area contributed by atoms with Crippen LogP contribution in [0, 0.1) is 22.9 Å². The molecule has 0 aliphatic rings. The minimum Gasteiger partial charge on any atom is -0.436 e. The van der Waals surface area contributed by atoms with Crippen LogP contribution in [0.5, 0.6) is 11.6 Å². The fourth-order valence-electron chi connectivity index (χ4n) is 1.72. The number of nitro benzene ring substituents is 1. The fourth-order valence-corrected chi connectivity index (χ4v) is 1.72. The fraction of sp³-hybridized carbons (Fsp3) is 0.143. The molecule has 0 radical (unpaired) electrons. The highest BCUT2D eigenvalue weighted by atomic mass is 19.1. The minimum atomic E-state index is -0.873. The number of nitrogens with zero attached hydrogens (tertiary/aromatic N) is 2. The van der Waals surface area contributed by atoms with Crippen molar-refractivity contribution in [3.8, 4) is 11.6 Å². The molecule has 0 bridgehead atoms. The Labute approximate surface area is 119 Å². The number of carbonyl (C=O) groups is 1. The van der Waals surface area contributed by atoms with Crippen molar-refractivity contribution in [1.82, 2.24) is 4.98 Å². The van der Waals surface area contributed by atoms with Crippen molar-refractivity contribution in [3.05, 3.63) is 57.5 Å². The first-order valence-electron chi connectivity index (χ1n) is 5.98. The number of halogens is 1. The van der Waals surface area contributed by atoms with Gasteiger partial charge in [-0.25, -0.2) is 9.37 Å². The summed E-state index contributed by atoms with van der Waals surface area (Å²) in [6, 6.07) is 4.89. The maximum atomic E-state index is 13.8. The third-order valence-electron chi connectivity index (χ3n) is 2.80. The zero-order valence-electron chi connectivity index (χ0n) is 11.3. The molecule has 0 aliphatic carbocycles. The highest BCUT2D eigenvalue weighted by molar-refractivity contribution is 5.94. The highest BCUT2D eigenvalue weighted by Gasteiger charge is 2.17. The van der Waals surface area contributed by atoms with Gasteiger partial charge in [-0.3, -0.25) is 14.9 Å². The van der Waals surface area contributed by atoms with Crippen molar-refractivity contribution in [2.45, 2.75) is 13.8 Å². The molecule has 0 aliphatic heterocycles. The van der Waals surface area contributed by atoms with Gasteiger partial charge in [0.1, 0.15) is 0 Å². The van der Waals surface area contributed by atoms with Gasteiger partial charge in [-0.1, -0.05) is 0 Å². The van der Waals surface area contributed by atoms with Crippen molar-refractivity contribution >= 4 is 11.5 Å². The van der Waals surface area contributed by atoms with E-state index >= 15 is 0 Å². The Morgan fingerprint density at radius 2 is 2.10 bits per heavy atom. The van der Waals surface area contributed by atoms with Crippen LogP contribution in [-0.4, -0.2) is 15.7 Å². The van der Waals surface area contributed by atoms with E-state index in [1.54, 1.807) is 0 Å². The molecule has 2 aromatic rings. The average Bonchev–Trinajstić information content (AvgIpc) is 2.42. The maximum Gasteiger partial charge on any atom is 0.275 e. The van der Waals surface area contributed by atoms with Crippen molar-refractivity contribution in [2.75, 3.05) is 0 Å². The molecule has 0 fully saturated rings. The number of ketones is 1. The summed E-state index contributed by atoms with van der Waals surface area (Å²) in [5.41, 5.74) is 0.309. The van der Waals surface area contributed by atoms with E-state index in [1.807, 2.05) is 0 Å². The SMILES string of the molecule is CC(=O)c1ccnc(Oc2cc(C)c([N+](=O)[O-])cc2F)c1. The number of rotatable bonds is 4. The normalized spacial score (nSPS) is 10.2. The van der Waals surface area contributed by atoms with E-state index in [9.17, 15) is 19.3 Å². The Bertz CT molecular complexity index is 731. The van der Waals surface area contributed by atoms with Gasteiger partial charge in [0.05, 0.1) is 11.0 Å². The molecule has 0 saturated heterocycles. The Balaban J connectivity index is 2.36. The molecule has 0 atom stereocenters. The Kier molecular flexibility index (Phi) is 3.93. The molecule has 1 aromatic heterocycles. The lowest BCUT2D eigenvalue weighted by Crippen LogP contribution is -1.98. The smallest absolute Gasteiger partial charge is 0.275 e. The van der Waals surface area contributed by atoms with Gasteiger partial charge in [-0.2, -0.15) is 0 Å². The Morgan fingerprint density at radius 1 is 1.38 bits per heavy atom. The third kappa shape index (κ3) is 3.19. The second-order valence-corrected chi connectivity index (χ2v) is 4.37. The van der Waals surface area contributed by atoms with Gasteiger partial charge in [0.15, 0.2) is 17.3 Å². The van der Waals surface area contributed by atoms with Crippen LogP contribution in [-0.2, 0) is 0 Å². The number of ether oxygens (including phenoxy) is 1. The molecule has 0 saturated carbocycles. The summed E-state index contributed by atoms with van der Waals surface area (Å²) in [5, 5.41) is 10.7. The molecule has 0 N–H and O–H groups in total. The highest BCUT2D eigenvalue weighted by Crippen LogP contribution is 2.30. The van der Waals surface area contributed by atoms with E-state index < -0.39 is 10.7 Å². The molecular formula is C14H11FN2O4. The largest absolute Gasteiger partial charge is 0.436 e. The zero-order chi connectivity index (χ0) is 15.6. The predicted molar refractivity (Wildman–Crippen MR) is 72.1 cm³/mol. The third-order valence-corrected chi connectivity index (χ3v) is 2.80. The first kappa shape index (κ1) is 14.6. The van der Waals surface area contributed by atoms with E-state index in [0.29, 0.717) is 5.56 Å². The summed E-state index contributed by atoms with van der Waals surface area (Å²) in [6.07, 6.45) is 1.36. The number of nitro groups is 1. The second kappa shape index (κ2) is 5.66. The van der Waals surface area contributed by atoms with Crippen molar-refractivity contribution in [3.63, 3.8) is 0 Å². The second-order valence-electron chi connectivity index (χ2n) is 4.37. The summed E-state index contributed by atoms with van der Waals surface area (Å²) >= 11 is 0. The van der Waals surface area contributed by atoms with E-state index in [4.69, 9.17) is 4.74 Å². The number of Topliss-reactive ketones (excluding diaryl/α,β-unsaturated/α-hetero) is 1. The number of benzene rings is 1. The Morgan fingerprint density at radius 3 is 2.71 bits per heavy atom. The molecular weight excluding hydrogens is 279 g/mol. The van der Waals surface area contributed by atoms with Crippen LogP contribution in [0.2, 0.25) is 0 Å². The standard InChI is InChI=1S/C14H11FN2O4/c1-8-5-13(11(15)7-12(8)17(19)20)21-14-6-10(9(2)18)3-4-16-14/h3-7H,1-2H3. The molecule has 1 aromatic carbocycles. The van der Waals surface area contributed by atoms with E-state index in [1.165, 1.54) is 38.2 Å². The topological polar surface area (TPSA) is 82.3 Å². The quantitative estimate of drug-likeness (QED) is 0.489. The number of hydrogen-bond donors (Lipinski definition) is 0. The van der Waals surface area contributed by atoms with Crippen LogP contribution < -0.4 is 4.74 Å². The van der Waals surface area contributed by atoms with Crippen LogP contribution in [0.4, 0.5) is 10.1 Å². The molecule has 1 heterocycles. The van der Waals surface area contributed by atoms with Crippen LogP contribution in [0.25, 0.3) is 0 Å². The minimum absolute atomic E-state index is 0.0369. The van der Waals surface area contributed by atoms with Gasteiger partial charge in [-0.15, -0.1) is 0 Å². The molecule has 0 spiro atoms. The van der Waals surface area contributed by atoms with Crippen LogP contribution in [0.3, 0.4) is 0 Å². The maximum absolute atomic E-state index is 13.8. The van der Waals surface area contributed by atoms with E-state index in [2.05, 4.69) is 4.98 Å². The summed E-state index contributed by atoms with van der Waals surface area (Å²) in [4.78, 5) is 25.2. The first-order valence-corrected chi connectivity index (χ1v) is 5.98. The van der Waals surface area contributed by atoms with Gasteiger partial charge < -0.3 is 4.74 Å². The van der Waals surface area contributed by atoms with Crippen molar-refractivity contribution in [1.29, 1.82) is 0 Å². The lowest BCUT2D eigenvalue weighted by atomic mass is 10.2. The average molecular weight is 290 g/mol.